The van der Waals surface area contributed by atoms with E-state index in [1.807, 2.05) is 12.1 Å². The molecule has 0 radical (unpaired) electrons. The number of methoxy groups -OCH3 is 1. The molecule has 2 rings (SSSR count). The third kappa shape index (κ3) is 3.87. The van der Waals surface area contributed by atoms with Gasteiger partial charge in [0, 0.05) is 6.54 Å². The van der Waals surface area contributed by atoms with E-state index in [0.717, 1.165) is 18.4 Å². The summed E-state index contributed by atoms with van der Waals surface area (Å²) in [7, 11) is 1.49. The fraction of sp³-hybridized carbons (Fsp3) is 0.500. The number of nitrogens with zero attached hydrogens (tertiary/aromatic N) is 1. The number of aryl methyl sites for hydroxylation is 1. The molecule has 0 N–H and O–H groups in total. The highest BCUT2D eigenvalue weighted by Gasteiger charge is 2.30. The molecule has 0 aliphatic carbocycles. The zero-order valence-electron chi connectivity index (χ0n) is 11.6. The second kappa shape index (κ2) is 6.34. The van der Waals surface area contributed by atoms with Crippen molar-refractivity contribution >= 4 is 11.6 Å². The summed E-state index contributed by atoms with van der Waals surface area (Å²) in [6, 6.07) is 5.43. The fourth-order valence-electron chi connectivity index (χ4n) is 2.36. The number of fused-ring (bicyclic) bond motifs is 1. The molecule has 0 saturated heterocycles. The molecule has 0 saturated carbocycles. The minimum Gasteiger partial charge on any atom is -0.495 e. The van der Waals surface area contributed by atoms with E-state index in [9.17, 15) is 18.0 Å². The maximum Gasteiger partial charge on any atom is 0.411 e. The second-order valence-corrected chi connectivity index (χ2v) is 4.72. The highest BCUT2D eigenvalue weighted by Crippen LogP contribution is 2.36. The Hall–Kier alpha value is -1.76. The molecule has 1 aromatic carbocycles. The summed E-state index contributed by atoms with van der Waals surface area (Å²) in [4.78, 5) is 13.5. The Kier molecular flexibility index (Phi) is 4.72. The van der Waals surface area contributed by atoms with Crippen molar-refractivity contribution < 1.29 is 27.4 Å². The first-order chi connectivity index (χ1) is 9.92. The van der Waals surface area contributed by atoms with Crippen molar-refractivity contribution in [2.24, 2.45) is 0 Å². The molecule has 1 heterocycles. The monoisotopic (exact) mass is 303 g/mol. The number of carbonyl (C=O) groups excluding carboxylic acids is 1. The van der Waals surface area contributed by atoms with E-state index in [1.165, 1.54) is 12.0 Å². The van der Waals surface area contributed by atoms with Gasteiger partial charge in [-0.15, -0.1) is 0 Å². The highest BCUT2D eigenvalue weighted by atomic mass is 19.4. The van der Waals surface area contributed by atoms with Gasteiger partial charge in [-0.3, -0.25) is 4.79 Å². The number of hydrogen-bond acceptors (Lipinski definition) is 3. The smallest absolute Gasteiger partial charge is 0.411 e. The van der Waals surface area contributed by atoms with E-state index >= 15 is 0 Å². The highest BCUT2D eigenvalue weighted by molar-refractivity contribution is 5.97. The average molecular weight is 303 g/mol. The summed E-state index contributed by atoms with van der Waals surface area (Å²) in [5, 5.41) is 0. The van der Waals surface area contributed by atoms with Gasteiger partial charge < -0.3 is 14.4 Å². The molecule has 1 aliphatic heterocycles. The Balaban J connectivity index is 2.10. The van der Waals surface area contributed by atoms with Gasteiger partial charge in [0.05, 0.1) is 12.8 Å². The van der Waals surface area contributed by atoms with Crippen molar-refractivity contribution in [3.63, 3.8) is 0 Å². The Morgan fingerprint density at radius 1 is 1.38 bits per heavy atom. The van der Waals surface area contributed by atoms with E-state index in [1.54, 1.807) is 6.07 Å². The van der Waals surface area contributed by atoms with Crippen LogP contribution in [0.5, 0.6) is 5.75 Å². The zero-order valence-corrected chi connectivity index (χ0v) is 11.6. The molecule has 4 nitrogen and oxygen atoms in total. The largest absolute Gasteiger partial charge is 0.495 e. The molecule has 7 heteroatoms. The van der Waals surface area contributed by atoms with Crippen LogP contribution in [0, 0.1) is 0 Å². The minimum absolute atomic E-state index is 0.446. The van der Waals surface area contributed by atoms with Crippen molar-refractivity contribution in [2.75, 3.05) is 31.8 Å². The number of halogens is 3. The van der Waals surface area contributed by atoms with Crippen LogP contribution in [-0.4, -0.2) is 39.0 Å². The number of carbonyl (C=O) groups is 1. The molecule has 1 aliphatic rings. The molecule has 0 atom stereocenters. The second-order valence-electron chi connectivity index (χ2n) is 4.72. The zero-order chi connectivity index (χ0) is 15.5. The fourth-order valence-corrected chi connectivity index (χ4v) is 2.36. The lowest BCUT2D eigenvalue weighted by molar-refractivity contribution is -0.175. The maximum absolute atomic E-state index is 12.1. The van der Waals surface area contributed by atoms with Gasteiger partial charge >= 0.3 is 6.18 Å². The summed E-state index contributed by atoms with van der Waals surface area (Å²) in [5.74, 6) is 0.0427. The number of rotatable bonds is 4. The van der Waals surface area contributed by atoms with E-state index < -0.39 is 25.3 Å². The number of ether oxygens (including phenoxy) is 2. The maximum atomic E-state index is 12.1. The average Bonchev–Trinajstić information content (AvgIpc) is 2.44. The molecule has 0 spiro atoms. The molecule has 0 unspecified atom stereocenters. The first-order valence-electron chi connectivity index (χ1n) is 6.53. The van der Waals surface area contributed by atoms with Crippen LogP contribution in [0.1, 0.15) is 12.0 Å². The van der Waals surface area contributed by atoms with Crippen LogP contribution in [0.25, 0.3) is 0 Å². The molecule has 0 bridgehead atoms. The van der Waals surface area contributed by atoms with Gasteiger partial charge in [0.1, 0.15) is 19.0 Å². The topological polar surface area (TPSA) is 38.8 Å². The lowest BCUT2D eigenvalue weighted by Crippen LogP contribution is -2.38. The Bertz CT molecular complexity index is 502. The number of anilines is 1. The van der Waals surface area contributed by atoms with E-state index in [4.69, 9.17) is 4.74 Å². The molecule has 1 aromatic rings. The number of para-hydroxylation sites is 1. The summed E-state index contributed by atoms with van der Waals surface area (Å²) >= 11 is 0. The number of alkyl halides is 3. The molecular formula is C14H16F3NO3. The van der Waals surface area contributed by atoms with Crippen LogP contribution in [0.2, 0.25) is 0 Å². The lowest BCUT2D eigenvalue weighted by atomic mass is 10.0. The molecular weight excluding hydrogens is 287 g/mol. The van der Waals surface area contributed by atoms with Crippen LogP contribution < -0.4 is 9.64 Å². The van der Waals surface area contributed by atoms with Gasteiger partial charge in [-0.25, -0.2) is 0 Å². The van der Waals surface area contributed by atoms with Crippen LogP contribution in [0.15, 0.2) is 18.2 Å². The summed E-state index contributed by atoms with van der Waals surface area (Å²) in [6.45, 7) is -1.58. The van der Waals surface area contributed by atoms with E-state index in [0.29, 0.717) is 18.0 Å². The third-order valence-corrected chi connectivity index (χ3v) is 3.19. The predicted octanol–water partition coefficient (Wildman–Crippen LogP) is 2.55. The molecule has 21 heavy (non-hydrogen) atoms. The van der Waals surface area contributed by atoms with Crippen molar-refractivity contribution in [2.45, 2.75) is 19.0 Å². The van der Waals surface area contributed by atoms with Crippen molar-refractivity contribution in [1.29, 1.82) is 0 Å². The van der Waals surface area contributed by atoms with Crippen molar-refractivity contribution in [3.8, 4) is 5.75 Å². The van der Waals surface area contributed by atoms with Crippen LogP contribution >= 0.6 is 0 Å². The van der Waals surface area contributed by atoms with Gasteiger partial charge in [0.2, 0.25) is 0 Å². The van der Waals surface area contributed by atoms with Crippen molar-refractivity contribution in [3.05, 3.63) is 23.8 Å². The predicted molar refractivity (Wildman–Crippen MR) is 70.5 cm³/mol. The van der Waals surface area contributed by atoms with Crippen LogP contribution in [0.3, 0.4) is 0 Å². The lowest BCUT2D eigenvalue weighted by Gasteiger charge is -2.30. The van der Waals surface area contributed by atoms with Crippen molar-refractivity contribution in [1.82, 2.24) is 0 Å². The van der Waals surface area contributed by atoms with Crippen LogP contribution in [-0.2, 0) is 16.0 Å². The Labute approximate surface area is 120 Å². The SMILES string of the molecule is COc1cccc2c1N(C(=O)COCC(F)(F)F)CCC2. The quantitative estimate of drug-likeness (QED) is 0.858. The van der Waals surface area contributed by atoms with Gasteiger partial charge in [-0.1, -0.05) is 12.1 Å². The van der Waals surface area contributed by atoms with Gasteiger partial charge in [0.15, 0.2) is 0 Å². The Morgan fingerprint density at radius 3 is 2.81 bits per heavy atom. The van der Waals surface area contributed by atoms with Gasteiger partial charge in [0.25, 0.3) is 5.91 Å². The summed E-state index contributed by atoms with van der Waals surface area (Å²) in [5.41, 5.74) is 1.58. The van der Waals surface area contributed by atoms with Gasteiger partial charge in [-0.05, 0) is 24.5 Å². The molecule has 116 valence electrons. The summed E-state index contributed by atoms with van der Waals surface area (Å²) < 4.78 is 45.8. The molecule has 0 aromatic heterocycles. The van der Waals surface area contributed by atoms with Crippen LogP contribution in [0.4, 0.5) is 18.9 Å². The first kappa shape index (κ1) is 15.6. The van der Waals surface area contributed by atoms with E-state index in [2.05, 4.69) is 4.74 Å². The third-order valence-electron chi connectivity index (χ3n) is 3.19. The van der Waals surface area contributed by atoms with Gasteiger partial charge in [-0.2, -0.15) is 13.2 Å². The Morgan fingerprint density at radius 2 is 2.14 bits per heavy atom. The normalized spacial score (nSPS) is 14.8. The minimum atomic E-state index is -4.43. The standard InChI is InChI=1S/C14H16F3NO3/c1-20-11-6-2-4-10-5-3-7-18(13(10)11)12(19)8-21-9-14(15,16)17/h2,4,6H,3,5,7-9H2,1H3. The number of amides is 1. The number of hydrogen-bond donors (Lipinski definition) is 0. The summed E-state index contributed by atoms with van der Waals surface area (Å²) in [6.07, 6.45) is -2.87. The van der Waals surface area contributed by atoms with E-state index in [-0.39, 0.29) is 0 Å². The molecule has 1 amide bonds. The molecule has 0 fully saturated rings. The first-order valence-corrected chi connectivity index (χ1v) is 6.53. The number of benzene rings is 1.